The summed E-state index contributed by atoms with van der Waals surface area (Å²) in [5.41, 5.74) is 0. The lowest BCUT2D eigenvalue weighted by atomic mass is 10.0. The first-order chi connectivity index (χ1) is 9.97. The van der Waals surface area contributed by atoms with Gasteiger partial charge in [0.25, 0.3) is 5.91 Å². The molecule has 0 radical (unpaired) electrons. The largest absolute Gasteiger partial charge is 0.481 e. The van der Waals surface area contributed by atoms with Crippen molar-refractivity contribution in [2.75, 3.05) is 6.61 Å². The molecule has 1 saturated carbocycles. The van der Waals surface area contributed by atoms with Crippen LogP contribution in [0.3, 0.4) is 0 Å². The van der Waals surface area contributed by atoms with Gasteiger partial charge in [-0.3, -0.25) is 9.59 Å². The molecule has 2 N–H and O–H groups in total. The molecule has 1 fully saturated rings. The number of nitrogens with one attached hydrogen (secondary N) is 1. The summed E-state index contributed by atoms with van der Waals surface area (Å²) < 4.78 is 31.0. The minimum Gasteiger partial charge on any atom is -0.481 e. The zero-order chi connectivity index (χ0) is 15.4. The highest BCUT2D eigenvalue weighted by Crippen LogP contribution is 2.25. The quantitative estimate of drug-likeness (QED) is 0.868. The minimum absolute atomic E-state index is 0.229. The van der Waals surface area contributed by atoms with Crippen LogP contribution in [-0.2, 0) is 9.59 Å². The Morgan fingerprint density at radius 3 is 2.76 bits per heavy atom. The maximum absolute atomic E-state index is 13.3. The molecule has 0 aromatic heterocycles. The predicted molar refractivity (Wildman–Crippen MR) is 68.8 cm³/mol. The summed E-state index contributed by atoms with van der Waals surface area (Å²) in [4.78, 5) is 22.7. The van der Waals surface area contributed by atoms with E-state index >= 15 is 0 Å². The monoisotopic (exact) mass is 299 g/mol. The lowest BCUT2D eigenvalue weighted by Crippen LogP contribution is -2.42. The molecule has 0 bridgehead atoms. The van der Waals surface area contributed by atoms with Crippen LogP contribution in [0.5, 0.6) is 5.75 Å². The lowest BCUT2D eigenvalue weighted by molar-refractivity contribution is -0.142. The van der Waals surface area contributed by atoms with Gasteiger partial charge in [0.2, 0.25) is 0 Å². The average molecular weight is 299 g/mol. The molecular formula is C14H15F2NO4. The number of rotatable bonds is 5. The van der Waals surface area contributed by atoms with Crippen LogP contribution in [0.15, 0.2) is 18.2 Å². The number of hydrogen-bond acceptors (Lipinski definition) is 3. The van der Waals surface area contributed by atoms with E-state index in [4.69, 9.17) is 9.84 Å². The van der Waals surface area contributed by atoms with Crippen LogP contribution in [0.25, 0.3) is 0 Å². The van der Waals surface area contributed by atoms with E-state index in [-0.39, 0.29) is 5.75 Å². The number of carboxylic acid groups (broad SMARTS) is 1. The first-order valence-electron chi connectivity index (χ1n) is 6.57. The van der Waals surface area contributed by atoms with E-state index in [1.165, 1.54) is 0 Å². The smallest absolute Gasteiger partial charge is 0.308 e. The standard InChI is InChI=1S/C14H15F2NO4/c15-8-4-5-12(10(16)6-8)21-7-13(18)17-11-3-1-2-9(11)14(19)20/h4-6,9,11H,1-3,7H2,(H,17,18)(H,19,20)/t9-,11+/m1/s1. The van der Waals surface area contributed by atoms with Gasteiger partial charge in [-0.2, -0.15) is 0 Å². The Hall–Kier alpha value is -2.18. The fourth-order valence-electron chi connectivity index (χ4n) is 2.41. The van der Waals surface area contributed by atoms with E-state index in [9.17, 15) is 18.4 Å². The summed E-state index contributed by atoms with van der Waals surface area (Å²) in [6, 6.07) is 2.34. The Kier molecular flexibility index (Phi) is 4.72. The first kappa shape index (κ1) is 15.2. The highest BCUT2D eigenvalue weighted by Gasteiger charge is 2.33. The zero-order valence-electron chi connectivity index (χ0n) is 11.1. The molecule has 1 aromatic carbocycles. The number of benzene rings is 1. The second-order valence-corrected chi connectivity index (χ2v) is 4.91. The van der Waals surface area contributed by atoms with Gasteiger partial charge in [-0.1, -0.05) is 6.42 Å². The molecule has 21 heavy (non-hydrogen) atoms. The van der Waals surface area contributed by atoms with Gasteiger partial charge in [-0.15, -0.1) is 0 Å². The summed E-state index contributed by atoms with van der Waals surface area (Å²) in [7, 11) is 0. The van der Waals surface area contributed by atoms with Gasteiger partial charge >= 0.3 is 5.97 Å². The predicted octanol–water partition coefficient (Wildman–Crippen LogP) is 1.71. The van der Waals surface area contributed by atoms with Crippen LogP contribution in [0, 0.1) is 17.6 Å². The van der Waals surface area contributed by atoms with Crippen molar-refractivity contribution in [1.82, 2.24) is 5.32 Å². The van der Waals surface area contributed by atoms with Crippen molar-refractivity contribution in [3.8, 4) is 5.75 Å². The van der Waals surface area contributed by atoms with Crippen molar-refractivity contribution in [3.05, 3.63) is 29.8 Å². The lowest BCUT2D eigenvalue weighted by Gasteiger charge is -2.17. The molecule has 0 spiro atoms. The summed E-state index contributed by atoms with van der Waals surface area (Å²) >= 11 is 0. The van der Waals surface area contributed by atoms with Gasteiger partial charge in [0.15, 0.2) is 18.2 Å². The normalized spacial score (nSPS) is 21.0. The van der Waals surface area contributed by atoms with Crippen molar-refractivity contribution in [2.45, 2.75) is 25.3 Å². The minimum atomic E-state index is -0.941. The van der Waals surface area contributed by atoms with Crippen LogP contribution in [-0.4, -0.2) is 29.6 Å². The second kappa shape index (κ2) is 6.51. The van der Waals surface area contributed by atoms with Gasteiger partial charge < -0.3 is 15.2 Å². The third-order valence-corrected chi connectivity index (χ3v) is 3.43. The van der Waals surface area contributed by atoms with E-state index in [0.29, 0.717) is 18.9 Å². The summed E-state index contributed by atoms with van der Waals surface area (Å²) in [5, 5.41) is 11.6. The van der Waals surface area contributed by atoms with E-state index < -0.39 is 42.1 Å². The maximum Gasteiger partial charge on any atom is 0.308 e. The zero-order valence-corrected chi connectivity index (χ0v) is 11.1. The third kappa shape index (κ3) is 3.90. The van der Waals surface area contributed by atoms with Crippen LogP contribution < -0.4 is 10.1 Å². The van der Waals surface area contributed by atoms with Crippen LogP contribution in [0.2, 0.25) is 0 Å². The highest BCUT2D eigenvalue weighted by atomic mass is 19.1. The van der Waals surface area contributed by atoms with Crippen molar-refractivity contribution >= 4 is 11.9 Å². The molecule has 0 heterocycles. The van der Waals surface area contributed by atoms with E-state index in [1.807, 2.05) is 0 Å². The number of carboxylic acids is 1. The molecule has 1 amide bonds. The molecule has 0 aliphatic heterocycles. The maximum atomic E-state index is 13.3. The Bertz CT molecular complexity index is 550. The molecule has 114 valence electrons. The number of aliphatic carboxylic acids is 1. The van der Waals surface area contributed by atoms with E-state index in [1.54, 1.807) is 0 Å². The molecule has 2 atom stereocenters. The number of ether oxygens (including phenoxy) is 1. The summed E-state index contributed by atoms with van der Waals surface area (Å²) in [6.45, 7) is -0.453. The molecule has 0 unspecified atom stereocenters. The highest BCUT2D eigenvalue weighted by molar-refractivity contribution is 5.79. The van der Waals surface area contributed by atoms with Gasteiger partial charge in [0.05, 0.1) is 5.92 Å². The van der Waals surface area contributed by atoms with Gasteiger partial charge in [0.1, 0.15) is 5.82 Å². The topological polar surface area (TPSA) is 75.6 Å². The Labute approximate surface area is 119 Å². The molecule has 0 saturated heterocycles. The number of halogens is 2. The van der Waals surface area contributed by atoms with Gasteiger partial charge in [0, 0.05) is 12.1 Å². The van der Waals surface area contributed by atoms with Crippen LogP contribution >= 0.6 is 0 Å². The van der Waals surface area contributed by atoms with Crippen molar-refractivity contribution in [2.24, 2.45) is 5.92 Å². The van der Waals surface area contributed by atoms with Crippen molar-refractivity contribution in [1.29, 1.82) is 0 Å². The number of carbonyl (C=O) groups excluding carboxylic acids is 1. The molecule has 2 rings (SSSR count). The number of hydrogen-bond donors (Lipinski definition) is 2. The molecule has 1 aromatic rings. The fraction of sp³-hybridized carbons (Fsp3) is 0.429. The van der Waals surface area contributed by atoms with E-state index in [0.717, 1.165) is 18.6 Å². The Balaban J connectivity index is 1.86. The van der Waals surface area contributed by atoms with E-state index in [2.05, 4.69) is 5.32 Å². The number of amides is 1. The van der Waals surface area contributed by atoms with Crippen molar-refractivity contribution in [3.63, 3.8) is 0 Å². The molecular weight excluding hydrogens is 284 g/mol. The fourth-order valence-corrected chi connectivity index (χ4v) is 2.41. The van der Waals surface area contributed by atoms with Crippen LogP contribution in [0.1, 0.15) is 19.3 Å². The van der Waals surface area contributed by atoms with Gasteiger partial charge in [-0.25, -0.2) is 8.78 Å². The second-order valence-electron chi connectivity index (χ2n) is 4.91. The number of carbonyl (C=O) groups is 2. The summed E-state index contributed by atoms with van der Waals surface area (Å²) in [6.07, 6.45) is 1.84. The molecule has 5 nitrogen and oxygen atoms in total. The van der Waals surface area contributed by atoms with Crippen LogP contribution in [0.4, 0.5) is 8.78 Å². The average Bonchev–Trinajstić information content (AvgIpc) is 2.86. The van der Waals surface area contributed by atoms with Crippen molar-refractivity contribution < 1.29 is 28.2 Å². The molecule has 1 aliphatic carbocycles. The first-order valence-corrected chi connectivity index (χ1v) is 6.57. The summed E-state index contributed by atoms with van der Waals surface area (Å²) in [5.74, 6) is -3.93. The Morgan fingerprint density at radius 2 is 2.10 bits per heavy atom. The molecule has 1 aliphatic rings. The third-order valence-electron chi connectivity index (χ3n) is 3.43. The van der Waals surface area contributed by atoms with Gasteiger partial charge in [-0.05, 0) is 25.0 Å². The Morgan fingerprint density at radius 1 is 1.33 bits per heavy atom. The molecule has 7 heteroatoms. The SMILES string of the molecule is O=C(COc1ccc(F)cc1F)N[C@H]1CCC[C@H]1C(=O)O.